The van der Waals surface area contributed by atoms with E-state index in [-0.39, 0.29) is 5.56 Å². The van der Waals surface area contributed by atoms with Gasteiger partial charge in [-0.3, -0.25) is 0 Å². The van der Waals surface area contributed by atoms with Gasteiger partial charge in [0.05, 0.1) is 12.6 Å². The second kappa shape index (κ2) is 5.21. The van der Waals surface area contributed by atoms with Crippen LogP contribution in [0.15, 0.2) is 36.4 Å². The smallest absolute Gasteiger partial charge is 0.131 e. The molecule has 2 nitrogen and oxygen atoms in total. The molecule has 0 radical (unpaired) electrons. The first-order chi connectivity index (χ1) is 9.68. The highest BCUT2D eigenvalue weighted by molar-refractivity contribution is 5.48. The third-order valence-corrected chi connectivity index (χ3v) is 3.61. The fraction of sp³-hybridized carbons (Fsp3) is 0.250. The van der Waals surface area contributed by atoms with E-state index in [0.717, 1.165) is 18.4 Å². The van der Waals surface area contributed by atoms with Gasteiger partial charge in [-0.2, -0.15) is 0 Å². The maximum atomic E-state index is 13.9. The molecule has 2 N–H and O–H groups in total. The molecule has 0 aromatic heterocycles. The van der Waals surface area contributed by atoms with Crippen LogP contribution in [0.25, 0.3) is 0 Å². The zero-order chi connectivity index (χ0) is 14.1. The summed E-state index contributed by atoms with van der Waals surface area (Å²) in [5, 5.41) is 0. The largest absolute Gasteiger partial charge is 0.493 e. The Morgan fingerprint density at radius 3 is 2.50 bits per heavy atom. The molecule has 0 amide bonds. The van der Waals surface area contributed by atoms with E-state index in [1.807, 2.05) is 12.1 Å². The minimum absolute atomic E-state index is 0.116. The summed E-state index contributed by atoms with van der Waals surface area (Å²) in [6, 6.07) is 8.47. The molecule has 104 valence electrons. The van der Waals surface area contributed by atoms with E-state index in [9.17, 15) is 8.78 Å². The normalized spacial score (nSPS) is 15.3. The highest BCUT2D eigenvalue weighted by Gasteiger charge is 2.24. The predicted octanol–water partition coefficient (Wildman–Crippen LogP) is 3.34. The quantitative estimate of drug-likeness (QED) is 0.912. The van der Waals surface area contributed by atoms with Crippen molar-refractivity contribution >= 4 is 0 Å². The van der Waals surface area contributed by atoms with E-state index < -0.39 is 17.7 Å². The Morgan fingerprint density at radius 2 is 1.75 bits per heavy atom. The highest BCUT2D eigenvalue weighted by Crippen LogP contribution is 2.35. The monoisotopic (exact) mass is 275 g/mol. The third kappa shape index (κ3) is 2.16. The van der Waals surface area contributed by atoms with Crippen LogP contribution in [0.2, 0.25) is 0 Å². The Labute approximate surface area is 116 Å². The molecule has 0 saturated carbocycles. The van der Waals surface area contributed by atoms with Crippen LogP contribution in [0, 0.1) is 11.6 Å². The number of nitrogens with two attached hydrogens (primary N) is 1. The van der Waals surface area contributed by atoms with Gasteiger partial charge in [-0.25, -0.2) is 8.78 Å². The number of rotatable bonds is 2. The van der Waals surface area contributed by atoms with Crippen molar-refractivity contribution in [2.45, 2.75) is 18.9 Å². The van der Waals surface area contributed by atoms with Crippen LogP contribution in [-0.4, -0.2) is 6.61 Å². The van der Waals surface area contributed by atoms with Gasteiger partial charge in [0.25, 0.3) is 0 Å². The second-order valence-corrected chi connectivity index (χ2v) is 4.90. The lowest BCUT2D eigenvalue weighted by Crippen LogP contribution is -2.19. The van der Waals surface area contributed by atoms with Crippen molar-refractivity contribution in [2.75, 3.05) is 6.61 Å². The number of ether oxygens (including phenoxy) is 1. The fourth-order valence-electron chi connectivity index (χ4n) is 2.62. The van der Waals surface area contributed by atoms with Gasteiger partial charge >= 0.3 is 0 Å². The van der Waals surface area contributed by atoms with E-state index in [2.05, 4.69) is 0 Å². The number of para-hydroxylation sites is 1. The number of fused-ring (bicyclic) bond motifs is 1. The van der Waals surface area contributed by atoms with Crippen molar-refractivity contribution in [2.24, 2.45) is 5.73 Å². The first kappa shape index (κ1) is 13.1. The van der Waals surface area contributed by atoms with Gasteiger partial charge in [0, 0.05) is 11.1 Å². The van der Waals surface area contributed by atoms with E-state index in [0.29, 0.717) is 17.9 Å². The Morgan fingerprint density at radius 1 is 1.05 bits per heavy atom. The molecular weight excluding hydrogens is 260 g/mol. The number of halogens is 2. The molecule has 4 heteroatoms. The summed E-state index contributed by atoms with van der Waals surface area (Å²) in [5.41, 5.74) is 7.64. The molecule has 2 aromatic rings. The first-order valence-corrected chi connectivity index (χ1v) is 6.62. The molecule has 1 atom stereocenters. The number of hydrogen-bond donors (Lipinski definition) is 1. The minimum atomic E-state index is -0.871. The molecular formula is C16H15F2NO. The lowest BCUT2D eigenvalue weighted by molar-refractivity contribution is 0.284. The summed E-state index contributed by atoms with van der Waals surface area (Å²) in [6.45, 7) is 0.608. The van der Waals surface area contributed by atoms with Gasteiger partial charge in [0.2, 0.25) is 0 Å². The van der Waals surface area contributed by atoms with Gasteiger partial charge in [-0.1, -0.05) is 24.3 Å². The summed E-state index contributed by atoms with van der Waals surface area (Å²) in [6.07, 6.45) is 1.84. The first-order valence-electron chi connectivity index (χ1n) is 6.62. The average Bonchev–Trinajstić information content (AvgIpc) is 2.46. The van der Waals surface area contributed by atoms with Gasteiger partial charge in [0.1, 0.15) is 17.4 Å². The number of hydrogen-bond acceptors (Lipinski definition) is 2. The minimum Gasteiger partial charge on any atom is -0.493 e. The molecule has 0 bridgehead atoms. The second-order valence-electron chi connectivity index (χ2n) is 4.90. The van der Waals surface area contributed by atoms with E-state index in [1.54, 1.807) is 6.07 Å². The van der Waals surface area contributed by atoms with Crippen molar-refractivity contribution in [3.63, 3.8) is 0 Å². The lowest BCUT2D eigenvalue weighted by atomic mass is 9.94. The fourth-order valence-corrected chi connectivity index (χ4v) is 2.62. The van der Waals surface area contributed by atoms with Crippen LogP contribution >= 0.6 is 0 Å². The molecule has 1 aliphatic rings. The third-order valence-electron chi connectivity index (χ3n) is 3.61. The molecule has 3 rings (SSSR count). The van der Waals surface area contributed by atoms with Crippen LogP contribution in [0.3, 0.4) is 0 Å². The van der Waals surface area contributed by atoms with Crippen LogP contribution in [0.4, 0.5) is 8.78 Å². The standard InChI is InChI=1S/C16H15F2NO/c17-12-7-2-8-13(18)14(12)15(19)11-6-1-4-10-5-3-9-20-16(10)11/h1-2,4,6-8,15H,3,5,9,19H2. The molecule has 1 unspecified atom stereocenters. The molecule has 0 fully saturated rings. The predicted molar refractivity (Wildman–Crippen MR) is 72.6 cm³/mol. The van der Waals surface area contributed by atoms with E-state index in [1.165, 1.54) is 18.2 Å². The number of benzene rings is 2. The average molecular weight is 275 g/mol. The van der Waals surface area contributed by atoms with Crippen LogP contribution < -0.4 is 10.5 Å². The van der Waals surface area contributed by atoms with Crippen LogP contribution in [0.5, 0.6) is 5.75 Å². The van der Waals surface area contributed by atoms with Crippen molar-refractivity contribution in [1.82, 2.24) is 0 Å². The Hall–Kier alpha value is -1.94. The molecule has 1 aliphatic heterocycles. The van der Waals surface area contributed by atoms with Gasteiger partial charge in [0.15, 0.2) is 0 Å². The zero-order valence-electron chi connectivity index (χ0n) is 10.9. The molecule has 1 heterocycles. The summed E-state index contributed by atoms with van der Waals surface area (Å²) in [4.78, 5) is 0. The molecule has 2 aromatic carbocycles. The summed E-state index contributed by atoms with van der Waals surface area (Å²) < 4.78 is 33.4. The molecule has 0 spiro atoms. The van der Waals surface area contributed by atoms with Gasteiger partial charge in [-0.05, 0) is 30.5 Å². The summed E-state index contributed by atoms with van der Waals surface area (Å²) in [5.74, 6) is -0.592. The SMILES string of the molecule is NC(c1cccc2c1OCCC2)c1c(F)cccc1F. The topological polar surface area (TPSA) is 35.2 Å². The Bertz CT molecular complexity index is 622. The maximum Gasteiger partial charge on any atom is 0.131 e. The van der Waals surface area contributed by atoms with Crippen molar-refractivity contribution in [3.8, 4) is 5.75 Å². The Kier molecular flexibility index (Phi) is 3.40. The lowest BCUT2D eigenvalue weighted by Gasteiger charge is -2.23. The molecule has 20 heavy (non-hydrogen) atoms. The van der Waals surface area contributed by atoms with Crippen molar-refractivity contribution in [3.05, 3.63) is 64.7 Å². The summed E-state index contributed by atoms with van der Waals surface area (Å²) >= 11 is 0. The van der Waals surface area contributed by atoms with Gasteiger partial charge < -0.3 is 10.5 Å². The zero-order valence-corrected chi connectivity index (χ0v) is 10.9. The maximum absolute atomic E-state index is 13.9. The Balaban J connectivity index is 2.09. The van der Waals surface area contributed by atoms with Crippen LogP contribution in [0.1, 0.15) is 29.2 Å². The summed E-state index contributed by atoms with van der Waals surface area (Å²) in [7, 11) is 0. The van der Waals surface area contributed by atoms with Crippen molar-refractivity contribution < 1.29 is 13.5 Å². The van der Waals surface area contributed by atoms with E-state index >= 15 is 0 Å². The van der Waals surface area contributed by atoms with Crippen molar-refractivity contribution in [1.29, 1.82) is 0 Å². The highest BCUT2D eigenvalue weighted by atomic mass is 19.1. The molecule has 0 aliphatic carbocycles. The van der Waals surface area contributed by atoms with Gasteiger partial charge in [-0.15, -0.1) is 0 Å². The van der Waals surface area contributed by atoms with E-state index in [4.69, 9.17) is 10.5 Å². The number of aryl methyl sites for hydroxylation is 1. The molecule has 0 saturated heterocycles. The van der Waals surface area contributed by atoms with Crippen LogP contribution in [-0.2, 0) is 6.42 Å².